The molecule has 0 rings (SSSR count). The molecule has 0 saturated heterocycles. The van der Waals surface area contributed by atoms with Crippen LogP contribution in [0.25, 0.3) is 0 Å². The molecule has 0 saturated carbocycles. The normalized spacial score (nSPS) is 7.33. The standard InChI is InChI=1S/C4H6O4.Ti/c1-3(6)8-4(7)2-5;/h5H,2H2,1H3;. The third-order valence-electron chi connectivity index (χ3n) is 0.387. The summed E-state index contributed by atoms with van der Waals surface area (Å²) in [7, 11) is 0. The van der Waals surface area contributed by atoms with E-state index in [9.17, 15) is 9.59 Å². The molecular formula is C4H6O4Ti. The van der Waals surface area contributed by atoms with Crippen molar-refractivity contribution >= 4 is 11.9 Å². The molecule has 50 valence electrons. The van der Waals surface area contributed by atoms with Gasteiger partial charge in [-0.1, -0.05) is 0 Å². The minimum absolute atomic E-state index is 0. The van der Waals surface area contributed by atoms with Crippen LogP contribution >= 0.6 is 0 Å². The minimum atomic E-state index is -0.919. The van der Waals surface area contributed by atoms with E-state index in [1.54, 1.807) is 0 Å². The van der Waals surface area contributed by atoms with Crippen LogP contribution in [0.3, 0.4) is 0 Å². The summed E-state index contributed by atoms with van der Waals surface area (Å²) in [5.41, 5.74) is 0. The summed E-state index contributed by atoms with van der Waals surface area (Å²) in [6, 6.07) is 0. The average Bonchev–Trinajstić information content (AvgIpc) is 1.65. The van der Waals surface area contributed by atoms with Gasteiger partial charge in [0, 0.05) is 28.6 Å². The molecule has 0 radical (unpaired) electrons. The molecule has 0 heterocycles. The molecule has 0 aliphatic heterocycles. The van der Waals surface area contributed by atoms with Gasteiger partial charge in [0.05, 0.1) is 0 Å². The van der Waals surface area contributed by atoms with Crippen molar-refractivity contribution in [2.75, 3.05) is 6.61 Å². The Kier molecular flexibility index (Phi) is 7.65. The zero-order valence-corrected chi connectivity index (χ0v) is 6.44. The molecule has 0 aliphatic rings. The first-order valence-electron chi connectivity index (χ1n) is 1.99. The summed E-state index contributed by atoms with van der Waals surface area (Å²) >= 11 is 0. The first kappa shape index (κ1) is 11.6. The van der Waals surface area contributed by atoms with Crippen LogP contribution < -0.4 is 0 Å². The maximum absolute atomic E-state index is 9.93. The Morgan fingerprint density at radius 3 is 2.11 bits per heavy atom. The van der Waals surface area contributed by atoms with Gasteiger partial charge in [-0.3, -0.25) is 4.79 Å². The van der Waals surface area contributed by atoms with Crippen molar-refractivity contribution in [1.82, 2.24) is 0 Å². The van der Waals surface area contributed by atoms with Crippen molar-refractivity contribution in [2.24, 2.45) is 0 Å². The first-order valence-corrected chi connectivity index (χ1v) is 1.99. The molecule has 5 heteroatoms. The summed E-state index contributed by atoms with van der Waals surface area (Å²) in [4.78, 5) is 19.8. The molecule has 0 aliphatic carbocycles. The fraction of sp³-hybridized carbons (Fsp3) is 0.500. The Morgan fingerprint density at radius 2 is 2.00 bits per heavy atom. The van der Waals surface area contributed by atoms with Crippen LogP contribution in [0.15, 0.2) is 0 Å². The number of carbonyl (C=O) groups excluding carboxylic acids is 2. The summed E-state index contributed by atoms with van der Waals surface area (Å²) < 4.78 is 3.87. The Morgan fingerprint density at radius 1 is 1.56 bits per heavy atom. The van der Waals surface area contributed by atoms with E-state index in [2.05, 4.69) is 4.74 Å². The van der Waals surface area contributed by atoms with Crippen LogP contribution in [0.5, 0.6) is 0 Å². The van der Waals surface area contributed by atoms with Gasteiger partial charge in [0.25, 0.3) is 0 Å². The molecule has 0 fully saturated rings. The monoisotopic (exact) mass is 166 g/mol. The topological polar surface area (TPSA) is 63.6 Å². The Bertz CT molecular complexity index is 111. The second-order valence-electron chi connectivity index (χ2n) is 1.12. The number of aliphatic hydroxyl groups is 1. The molecule has 0 aromatic heterocycles. The SMILES string of the molecule is CC(=O)OC(=O)CO.[Ti]. The predicted molar refractivity (Wildman–Crippen MR) is 23.9 cm³/mol. The molecule has 4 nitrogen and oxygen atoms in total. The number of rotatable bonds is 1. The third kappa shape index (κ3) is 7.81. The summed E-state index contributed by atoms with van der Waals surface area (Å²) in [5.74, 6) is -1.62. The Balaban J connectivity index is 0. The first-order chi connectivity index (χ1) is 3.66. The number of ether oxygens (including phenoxy) is 1. The van der Waals surface area contributed by atoms with Crippen molar-refractivity contribution in [3.63, 3.8) is 0 Å². The predicted octanol–water partition coefficient (Wildman–Crippen LogP) is -0.934. The summed E-state index contributed by atoms with van der Waals surface area (Å²) in [6.07, 6.45) is 0. The van der Waals surface area contributed by atoms with E-state index in [-0.39, 0.29) is 21.7 Å². The third-order valence-corrected chi connectivity index (χ3v) is 0.387. The molecule has 9 heavy (non-hydrogen) atoms. The van der Waals surface area contributed by atoms with Crippen LogP contribution in [-0.4, -0.2) is 23.7 Å². The van der Waals surface area contributed by atoms with Gasteiger partial charge in [-0.15, -0.1) is 0 Å². The largest absolute Gasteiger partial charge is 0.392 e. The quantitative estimate of drug-likeness (QED) is 0.310. The van der Waals surface area contributed by atoms with Crippen molar-refractivity contribution in [3.8, 4) is 0 Å². The zero-order valence-electron chi connectivity index (χ0n) is 4.88. The van der Waals surface area contributed by atoms with Crippen molar-refractivity contribution in [1.29, 1.82) is 0 Å². The van der Waals surface area contributed by atoms with Gasteiger partial charge in [0.1, 0.15) is 6.61 Å². The van der Waals surface area contributed by atoms with Gasteiger partial charge in [0.2, 0.25) is 0 Å². The second-order valence-corrected chi connectivity index (χ2v) is 1.12. The van der Waals surface area contributed by atoms with Gasteiger partial charge < -0.3 is 9.84 Å². The van der Waals surface area contributed by atoms with E-state index < -0.39 is 18.5 Å². The molecule has 0 bridgehead atoms. The van der Waals surface area contributed by atoms with Gasteiger partial charge >= 0.3 is 11.9 Å². The van der Waals surface area contributed by atoms with E-state index >= 15 is 0 Å². The molecule has 0 spiro atoms. The molecule has 0 atom stereocenters. The van der Waals surface area contributed by atoms with Gasteiger partial charge in [-0.2, -0.15) is 0 Å². The fourth-order valence-corrected chi connectivity index (χ4v) is 0.193. The number of esters is 2. The Hall–Kier alpha value is -0.186. The van der Waals surface area contributed by atoms with E-state index in [1.807, 2.05) is 0 Å². The van der Waals surface area contributed by atoms with Gasteiger partial charge in [-0.25, -0.2) is 4.79 Å². The molecular weight excluding hydrogens is 160 g/mol. The van der Waals surface area contributed by atoms with Crippen LogP contribution in [0.1, 0.15) is 6.92 Å². The number of aliphatic hydroxyl groups excluding tert-OH is 1. The van der Waals surface area contributed by atoms with Crippen LogP contribution in [-0.2, 0) is 36.0 Å². The molecule has 0 amide bonds. The zero-order chi connectivity index (χ0) is 6.57. The van der Waals surface area contributed by atoms with E-state index in [0.717, 1.165) is 6.92 Å². The molecule has 0 unspecified atom stereocenters. The second kappa shape index (κ2) is 5.94. The Labute approximate surface area is 67.1 Å². The van der Waals surface area contributed by atoms with E-state index in [4.69, 9.17) is 5.11 Å². The smallest absolute Gasteiger partial charge is 0.339 e. The maximum Gasteiger partial charge on any atom is 0.339 e. The van der Waals surface area contributed by atoms with Gasteiger partial charge in [-0.05, 0) is 0 Å². The molecule has 0 aromatic rings. The summed E-state index contributed by atoms with van der Waals surface area (Å²) in [5, 5.41) is 7.96. The summed E-state index contributed by atoms with van der Waals surface area (Å²) in [6.45, 7) is 0.340. The van der Waals surface area contributed by atoms with Crippen LogP contribution in [0.4, 0.5) is 0 Å². The van der Waals surface area contributed by atoms with Crippen LogP contribution in [0.2, 0.25) is 0 Å². The van der Waals surface area contributed by atoms with E-state index in [0.29, 0.717) is 0 Å². The van der Waals surface area contributed by atoms with Crippen molar-refractivity contribution in [2.45, 2.75) is 6.92 Å². The molecule has 1 N–H and O–H groups in total. The maximum atomic E-state index is 9.93. The number of hydrogen-bond donors (Lipinski definition) is 1. The van der Waals surface area contributed by atoms with Crippen LogP contribution in [0, 0.1) is 0 Å². The number of hydrogen-bond acceptors (Lipinski definition) is 4. The van der Waals surface area contributed by atoms with E-state index in [1.165, 1.54) is 0 Å². The van der Waals surface area contributed by atoms with Gasteiger partial charge in [0.15, 0.2) is 0 Å². The van der Waals surface area contributed by atoms with Crippen molar-refractivity contribution < 1.29 is 41.2 Å². The van der Waals surface area contributed by atoms with Crippen molar-refractivity contribution in [3.05, 3.63) is 0 Å². The fourth-order valence-electron chi connectivity index (χ4n) is 0.193. The molecule has 0 aromatic carbocycles. The number of carbonyl (C=O) groups is 2. The average molecular weight is 166 g/mol. The minimum Gasteiger partial charge on any atom is -0.392 e.